The summed E-state index contributed by atoms with van der Waals surface area (Å²) in [7, 11) is 0. The number of halogens is 1. The molecule has 3 nitrogen and oxygen atoms in total. The Morgan fingerprint density at radius 2 is 2.12 bits per heavy atom. The summed E-state index contributed by atoms with van der Waals surface area (Å²) in [5.41, 5.74) is 7.12. The highest BCUT2D eigenvalue weighted by atomic mass is 32.2. The van der Waals surface area contributed by atoms with Crippen LogP contribution in [0, 0.1) is 12.7 Å². The number of nitrogen functional groups attached to an aromatic ring is 1. The molecule has 16 heavy (non-hydrogen) atoms. The second-order valence-electron chi connectivity index (χ2n) is 3.26. The third-order valence-electron chi connectivity index (χ3n) is 1.95. The molecule has 0 unspecified atom stereocenters. The molecule has 1 heterocycles. The molecule has 0 saturated carbocycles. The van der Waals surface area contributed by atoms with Gasteiger partial charge < -0.3 is 5.73 Å². The van der Waals surface area contributed by atoms with Crippen molar-refractivity contribution in [2.24, 2.45) is 0 Å². The Morgan fingerprint density at radius 1 is 1.31 bits per heavy atom. The van der Waals surface area contributed by atoms with Crippen LogP contribution in [0.2, 0.25) is 0 Å². The Hall–Kier alpha value is -1.62. The summed E-state index contributed by atoms with van der Waals surface area (Å²) < 4.78 is 13.0. The van der Waals surface area contributed by atoms with Gasteiger partial charge in [0, 0.05) is 22.5 Å². The molecule has 0 saturated heterocycles. The number of anilines is 1. The quantitative estimate of drug-likeness (QED) is 0.642. The first-order valence-electron chi connectivity index (χ1n) is 4.67. The molecular formula is C11H10FN3S. The van der Waals surface area contributed by atoms with Gasteiger partial charge in [0.05, 0.1) is 0 Å². The van der Waals surface area contributed by atoms with E-state index in [1.54, 1.807) is 12.3 Å². The molecule has 2 rings (SSSR count). The van der Waals surface area contributed by atoms with Crippen molar-refractivity contribution in [3.05, 3.63) is 42.0 Å². The van der Waals surface area contributed by atoms with Crippen molar-refractivity contribution in [3.8, 4) is 0 Å². The maximum atomic E-state index is 13.0. The molecule has 1 aromatic carbocycles. The van der Waals surface area contributed by atoms with Crippen LogP contribution in [-0.4, -0.2) is 9.97 Å². The number of aromatic nitrogens is 2. The van der Waals surface area contributed by atoms with Crippen molar-refractivity contribution in [3.63, 3.8) is 0 Å². The van der Waals surface area contributed by atoms with Crippen LogP contribution in [0.15, 0.2) is 40.5 Å². The topological polar surface area (TPSA) is 51.8 Å². The molecule has 82 valence electrons. The van der Waals surface area contributed by atoms with Crippen LogP contribution < -0.4 is 5.73 Å². The van der Waals surface area contributed by atoms with Crippen LogP contribution in [0.4, 0.5) is 10.1 Å². The summed E-state index contributed by atoms with van der Waals surface area (Å²) in [5, 5.41) is 0.567. The smallest absolute Gasteiger partial charge is 0.192 e. The molecule has 0 spiro atoms. The number of benzene rings is 1. The second-order valence-corrected chi connectivity index (χ2v) is 4.27. The van der Waals surface area contributed by atoms with Gasteiger partial charge in [0.25, 0.3) is 0 Å². The third-order valence-corrected chi connectivity index (χ3v) is 2.90. The Labute approximate surface area is 96.9 Å². The van der Waals surface area contributed by atoms with E-state index in [1.807, 2.05) is 6.92 Å². The number of nitrogens with zero attached hydrogens (tertiary/aromatic N) is 2. The average Bonchev–Trinajstić information content (AvgIpc) is 2.24. The first kappa shape index (κ1) is 10.9. The van der Waals surface area contributed by atoms with E-state index >= 15 is 0 Å². The Bertz CT molecular complexity index is 516. The van der Waals surface area contributed by atoms with Gasteiger partial charge in [0.2, 0.25) is 0 Å². The summed E-state index contributed by atoms with van der Waals surface area (Å²) in [4.78, 5) is 8.92. The first-order chi connectivity index (χ1) is 7.65. The van der Waals surface area contributed by atoms with Crippen molar-refractivity contribution in [2.75, 3.05) is 5.73 Å². The number of rotatable bonds is 2. The fourth-order valence-corrected chi connectivity index (χ4v) is 2.03. The van der Waals surface area contributed by atoms with Crippen LogP contribution >= 0.6 is 11.8 Å². The lowest BCUT2D eigenvalue weighted by Crippen LogP contribution is -1.92. The van der Waals surface area contributed by atoms with E-state index in [0.29, 0.717) is 15.7 Å². The fraction of sp³-hybridized carbons (Fsp3) is 0.0909. The monoisotopic (exact) mass is 235 g/mol. The van der Waals surface area contributed by atoms with Crippen molar-refractivity contribution >= 4 is 17.4 Å². The zero-order chi connectivity index (χ0) is 11.5. The lowest BCUT2D eigenvalue weighted by atomic mass is 10.3. The van der Waals surface area contributed by atoms with Crippen molar-refractivity contribution in [2.45, 2.75) is 17.0 Å². The molecular weight excluding hydrogens is 225 g/mol. The van der Waals surface area contributed by atoms with Gasteiger partial charge in [-0.25, -0.2) is 14.4 Å². The third kappa shape index (κ3) is 2.49. The van der Waals surface area contributed by atoms with Gasteiger partial charge in [0.1, 0.15) is 5.82 Å². The van der Waals surface area contributed by atoms with Gasteiger partial charge >= 0.3 is 0 Å². The maximum absolute atomic E-state index is 13.0. The van der Waals surface area contributed by atoms with Gasteiger partial charge in [-0.2, -0.15) is 0 Å². The molecule has 0 amide bonds. The summed E-state index contributed by atoms with van der Waals surface area (Å²) in [6.45, 7) is 1.88. The van der Waals surface area contributed by atoms with Gasteiger partial charge in [-0.15, -0.1) is 0 Å². The summed E-state index contributed by atoms with van der Waals surface area (Å²) in [5.74, 6) is -0.315. The largest absolute Gasteiger partial charge is 0.398 e. The van der Waals surface area contributed by atoms with Gasteiger partial charge in [-0.05, 0) is 43.0 Å². The molecule has 0 bridgehead atoms. The highest BCUT2D eigenvalue weighted by Gasteiger charge is 2.05. The van der Waals surface area contributed by atoms with E-state index in [1.165, 1.54) is 30.0 Å². The minimum absolute atomic E-state index is 0.315. The Kier molecular flexibility index (Phi) is 3.05. The lowest BCUT2D eigenvalue weighted by Gasteiger charge is -2.04. The standard InChI is InChI=1S/C11H10FN3S/c1-7-4-5-14-11(15-7)16-10-6-8(12)2-3-9(10)13/h2-6H,13H2,1H3. The zero-order valence-corrected chi connectivity index (χ0v) is 9.46. The lowest BCUT2D eigenvalue weighted by molar-refractivity contribution is 0.624. The zero-order valence-electron chi connectivity index (χ0n) is 8.64. The summed E-state index contributed by atoms with van der Waals surface area (Å²) in [6, 6.07) is 6.05. The number of hydrogen-bond donors (Lipinski definition) is 1. The van der Waals surface area contributed by atoms with Crippen LogP contribution in [0.3, 0.4) is 0 Å². The van der Waals surface area contributed by atoms with Crippen molar-refractivity contribution in [1.82, 2.24) is 9.97 Å². The summed E-state index contributed by atoms with van der Waals surface area (Å²) in [6.07, 6.45) is 1.67. The fourth-order valence-electron chi connectivity index (χ4n) is 1.17. The Balaban J connectivity index is 2.30. The molecule has 0 aliphatic carbocycles. The molecule has 1 aromatic heterocycles. The van der Waals surface area contributed by atoms with E-state index in [4.69, 9.17) is 5.73 Å². The SMILES string of the molecule is Cc1ccnc(Sc2cc(F)ccc2N)n1. The minimum atomic E-state index is -0.315. The molecule has 0 aliphatic heterocycles. The number of nitrogens with two attached hydrogens (primary N) is 1. The van der Waals surface area contributed by atoms with Crippen LogP contribution in [0.25, 0.3) is 0 Å². The molecule has 0 radical (unpaired) electrons. The highest BCUT2D eigenvalue weighted by molar-refractivity contribution is 7.99. The summed E-state index contributed by atoms with van der Waals surface area (Å²) >= 11 is 1.26. The van der Waals surface area contributed by atoms with Gasteiger partial charge in [-0.3, -0.25) is 0 Å². The molecule has 0 atom stereocenters. The van der Waals surface area contributed by atoms with Gasteiger partial charge in [-0.1, -0.05) is 0 Å². The molecule has 5 heteroatoms. The van der Waals surface area contributed by atoms with E-state index in [0.717, 1.165) is 5.69 Å². The molecule has 0 fully saturated rings. The van der Waals surface area contributed by atoms with Crippen LogP contribution in [0.5, 0.6) is 0 Å². The number of aryl methyl sites for hydroxylation is 1. The van der Waals surface area contributed by atoms with E-state index in [-0.39, 0.29) is 5.82 Å². The Morgan fingerprint density at radius 3 is 2.88 bits per heavy atom. The van der Waals surface area contributed by atoms with E-state index in [2.05, 4.69) is 9.97 Å². The average molecular weight is 235 g/mol. The van der Waals surface area contributed by atoms with E-state index < -0.39 is 0 Å². The van der Waals surface area contributed by atoms with Crippen molar-refractivity contribution < 1.29 is 4.39 Å². The van der Waals surface area contributed by atoms with Gasteiger partial charge in [0.15, 0.2) is 5.16 Å². The highest BCUT2D eigenvalue weighted by Crippen LogP contribution is 2.30. The molecule has 2 aromatic rings. The van der Waals surface area contributed by atoms with Crippen LogP contribution in [-0.2, 0) is 0 Å². The normalized spacial score (nSPS) is 10.4. The second kappa shape index (κ2) is 4.49. The maximum Gasteiger partial charge on any atom is 0.192 e. The number of hydrogen-bond acceptors (Lipinski definition) is 4. The van der Waals surface area contributed by atoms with Crippen LogP contribution in [0.1, 0.15) is 5.69 Å². The van der Waals surface area contributed by atoms with E-state index in [9.17, 15) is 4.39 Å². The molecule has 2 N–H and O–H groups in total. The molecule has 0 aliphatic rings. The first-order valence-corrected chi connectivity index (χ1v) is 5.49. The predicted octanol–water partition coefficient (Wildman–Crippen LogP) is 2.66. The predicted molar refractivity (Wildman–Crippen MR) is 61.7 cm³/mol. The minimum Gasteiger partial charge on any atom is -0.398 e. The van der Waals surface area contributed by atoms with Crippen molar-refractivity contribution in [1.29, 1.82) is 0 Å².